The van der Waals surface area contributed by atoms with Crippen molar-refractivity contribution in [1.82, 2.24) is 0 Å². The van der Waals surface area contributed by atoms with Crippen LogP contribution in [0.3, 0.4) is 0 Å². The predicted molar refractivity (Wildman–Crippen MR) is 77.6 cm³/mol. The first-order valence-electron chi connectivity index (χ1n) is 6.56. The van der Waals surface area contributed by atoms with Crippen molar-refractivity contribution in [3.8, 4) is 0 Å². The average molecular weight is 264 g/mol. The van der Waals surface area contributed by atoms with E-state index in [0.717, 1.165) is 17.7 Å². The van der Waals surface area contributed by atoms with Crippen LogP contribution in [0.4, 0.5) is 5.69 Å². The summed E-state index contributed by atoms with van der Waals surface area (Å²) in [5, 5.41) is 11.8. The Hall–Kier alpha value is -1.39. The van der Waals surface area contributed by atoms with Crippen LogP contribution < -0.4 is 11.1 Å². The highest BCUT2D eigenvalue weighted by atomic mass is 16.3. The zero-order valence-corrected chi connectivity index (χ0v) is 11.9. The SMILES string of the molecule is CC(C)(C)CC(CN)C(=O)Nc1ccc(CO)cc1. The highest BCUT2D eigenvalue weighted by molar-refractivity contribution is 5.92. The lowest BCUT2D eigenvalue weighted by atomic mass is 9.84. The van der Waals surface area contributed by atoms with Crippen molar-refractivity contribution >= 4 is 11.6 Å². The molecular formula is C15H24N2O2. The Morgan fingerprint density at radius 3 is 2.32 bits per heavy atom. The molecule has 4 N–H and O–H groups in total. The van der Waals surface area contributed by atoms with Crippen LogP contribution in [0.5, 0.6) is 0 Å². The predicted octanol–water partition coefficient (Wildman–Crippen LogP) is 2.13. The van der Waals surface area contributed by atoms with Gasteiger partial charge in [0.15, 0.2) is 0 Å². The normalized spacial score (nSPS) is 13.1. The van der Waals surface area contributed by atoms with Crippen molar-refractivity contribution in [2.75, 3.05) is 11.9 Å². The average Bonchev–Trinajstić information content (AvgIpc) is 2.35. The van der Waals surface area contributed by atoms with Crippen molar-refractivity contribution in [2.24, 2.45) is 17.1 Å². The molecule has 1 unspecified atom stereocenters. The van der Waals surface area contributed by atoms with Gasteiger partial charge in [0.2, 0.25) is 5.91 Å². The molecule has 0 fully saturated rings. The van der Waals surface area contributed by atoms with Gasteiger partial charge in [0, 0.05) is 12.2 Å². The molecule has 1 aromatic rings. The third-order valence-corrected chi connectivity index (χ3v) is 2.92. The molecule has 0 aliphatic rings. The second kappa shape index (κ2) is 6.68. The van der Waals surface area contributed by atoms with Crippen molar-refractivity contribution in [1.29, 1.82) is 0 Å². The van der Waals surface area contributed by atoms with Gasteiger partial charge >= 0.3 is 0 Å². The van der Waals surface area contributed by atoms with E-state index in [4.69, 9.17) is 10.8 Å². The Labute approximate surface area is 115 Å². The number of nitrogens with two attached hydrogens (primary N) is 1. The van der Waals surface area contributed by atoms with Crippen molar-refractivity contribution in [3.63, 3.8) is 0 Å². The van der Waals surface area contributed by atoms with E-state index in [2.05, 4.69) is 26.1 Å². The Morgan fingerprint density at radius 1 is 1.32 bits per heavy atom. The Morgan fingerprint density at radius 2 is 1.89 bits per heavy atom. The monoisotopic (exact) mass is 264 g/mol. The molecule has 0 spiro atoms. The second-order valence-electron chi connectivity index (χ2n) is 6.04. The molecule has 106 valence electrons. The van der Waals surface area contributed by atoms with Crippen LogP contribution in [-0.4, -0.2) is 17.6 Å². The highest BCUT2D eigenvalue weighted by Gasteiger charge is 2.23. The molecule has 1 amide bonds. The molecular weight excluding hydrogens is 240 g/mol. The molecule has 1 rings (SSSR count). The largest absolute Gasteiger partial charge is 0.392 e. The zero-order chi connectivity index (χ0) is 14.5. The lowest BCUT2D eigenvalue weighted by Crippen LogP contribution is -2.32. The zero-order valence-electron chi connectivity index (χ0n) is 11.9. The Kier molecular flexibility index (Phi) is 5.51. The van der Waals surface area contributed by atoms with Crippen molar-refractivity contribution in [3.05, 3.63) is 29.8 Å². The van der Waals surface area contributed by atoms with E-state index >= 15 is 0 Å². The molecule has 0 saturated heterocycles. The lowest BCUT2D eigenvalue weighted by molar-refractivity contribution is -0.120. The summed E-state index contributed by atoms with van der Waals surface area (Å²) in [4.78, 5) is 12.1. The molecule has 0 bridgehead atoms. The van der Waals surface area contributed by atoms with E-state index in [0.29, 0.717) is 6.54 Å². The summed E-state index contributed by atoms with van der Waals surface area (Å²) in [6.45, 7) is 6.64. The number of amides is 1. The van der Waals surface area contributed by atoms with Crippen LogP contribution in [0.15, 0.2) is 24.3 Å². The smallest absolute Gasteiger partial charge is 0.228 e. The fourth-order valence-corrected chi connectivity index (χ4v) is 1.96. The van der Waals surface area contributed by atoms with E-state index in [9.17, 15) is 4.79 Å². The number of nitrogens with one attached hydrogen (secondary N) is 1. The molecule has 4 nitrogen and oxygen atoms in total. The van der Waals surface area contributed by atoms with Gasteiger partial charge in [-0.15, -0.1) is 0 Å². The molecule has 4 heteroatoms. The van der Waals surface area contributed by atoms with E-state index in [1.165, 1.54) is 0 Å². The first-order valence-corrected chi connectivity index (χ1v) is 6.56. The summed E-state index contributed by atoms with van der Waals surface area (Å²) >= 11 is 0. The van der Waals surface area contributed by atoms with E-state index in [1.54, 1.807) is 24.3 Å². The van der Waals surface area contributed by atoms with Gasteiger partial charge in [-0.2, -0.15) is 0 Å². The van der Waals surface area contributed by atoms with E-state index < -0.39 is 0 Å². The van der Waals surface area contributed by atoms with E-state index in [-0.39, 0.29) is 23.8 Å². The third-order valence-electron chi connectivity index (χ3n) is 2.92. The Bertz CT molecular complexity index is 407. The van der Waals surface area contributed by atoms with Crippen LogP contribution >= 0.6 is 0 Å². The van der Waals surface area contributed by atoms with Crippen molar-refractivity contribution < 1.29 is 9.90 Å². The fraction of sp³-hybridized carbons (Fsp3) is 0.533. The number of hydrogen-bond donors (Lipinski definition) is 3. The second-order valence-corrected chi connectivity index (χ2v) is 6.04. The minimum absolute atomic E-state index is 0.00365. The molecule has 1 atom stereocenters. The third kappa shape index (κ3) is 5.41. The number of rotatable bonds is 5. The van der Waals surface area contributed by atoms with Crippen LogP contribution in [0, 0.1) is 11.3 Å². The summed E-state index contributed by atoms with van der Waals surface area (Å²) < 4.78 is 0. The number of hydrogen-bond acceptors (Lipinski definition) is 3. The minimum atomic E-state index is -0.183. The van der Waals surface area contributed by atoms with Gasteiger partial charge in [-0.05, 0) is 29.5 Å². The number of aliphatic hydroxyl groups excluding tert-OH is 1. The standard InChI is InChI=1S/C15H24N2O2/c1-15(2,3)8-12(9-16)14(19)17-13-6-4-11(10-18)5-7-13/h4-7,12,18H,8-10,16H2,1-3H3,(H,17,19). The highest BCUT2D eigenvalue weighted by Crippen LogP contribution is 2.24. The molecule has 0 radical (unpaired) electrons. The van der Waals surface area contributed by atoms with Gasteiger partial charge < -0.3 is 16.2 Å². The lowest BCUT2D eigenvalue weighted by Gasteiger charge is -2.24. The van der Waals surface area contributed by atoms with Gasteiger partial charge in [0.25, 0.3) is 0 Å². The molecule has 0 aromatic heterocycles. The first kappa shape index (κ1) is 15.7. The van der Waals surface area contributed by atoms with Gasteiger partial charge in [-0.1, -0.05) is 32.9 Å². The van der Waals surface area contributed by atoms with E-state index in [1.807, 2.05) is 0 Å². The van der Waals surface area contributed by atoms with Gasteiger partial charge in [0.1, 0.15) is 0 Å². The number of benzene rings is 1. The quantitative estimate of drug-likeness (QED) is 0.762. The fourth-order valence-electron chi connectivity index (χ4n) is 1.96. The van der Waals surface area contributed by atoms with Gasteiger partial charge in [0.05, 0.1) is 12.5 Å². The molecule has 1 aromatic carbocycles. The first-order chi connectivity index (χ1) is 8.85. The van der Waals surface area contributed by atoms with Crippen LogP contribution in [0.2, 0.25) is 0 Å². The Balaban J connectivity index is 2.65. The maximum atomic E-state index is 12.1. The summed E-state index contributed by atoms with van der Waals surface area (Å²) in [6, 6.07) is 7.15. The summed E-state index contributed by atoms with van der Waals surface area (Å²) in [7, 11) is 0. The molecule has 0 heterocycles. The van der Waals surface area contributed by atoms with Crippen LogP contribution in [0.25, 0.3) is 0 Å². The summed E-state index contributed by atoms with van der Waals surface area (Å²) in [5.41, 5.74) is 7.31. The maximum Gasteiger partial charge on any atom is 0.228 e. The van der Waals surface area contributed by atoms with Crippen molar-refractivity contribution in [2.45, 2.75) is 33.8 Å². The molecule has 0 aliphatic heterocycles. The molecule has 0 saturated carbocycles. The maximum absolute atomic E-state index is 12.1. The molecule has 19 heavy (non-hydrogen) atoms. The summed E-state index contributed by atoms with van der Waals surface area (Å²) in [5.74, 6) is -0.230. The number of carbonyl (C=O) groups excluding carboxylic acids is 1. The molecule has 0 aliphatic carbocycles. The van der Waals surface area contributed by atoms with Crippen LogP contribution in [-0.2, 0) is 11.4 Å². The number of anilines is 1. The number of aliphatic hydroxyl groups is 1. The summed E-state index contributed by atoms with van der Waals surface area (Å²) in [6.07, 6.45) is 0.754. The van der Waals surface area contributed by atoms with Gasteiger partial charge in [-0.3, -0.25) is 4.79 Å². The number of carbonyl (C=O) groups is 1. The van der Waals surface area contributed by atoms with Crippen LogP contribution in [0.1, 0.15) is 32.8 Å². The topological polar surface area (TPSA) is 75.4 Å². The minimum Gasteiger partial charge on any atom is -0.392 e. The van der Waals surface area contributed by atoms with Gasteiger partial charge in [-0.25, -0.2) is 0 Å².